The van der Waals surface area contributed by atoms with Crippen molar-refractivity contribution in [2.75, 3.05) is 13.2 Å². The summed E-state index contributed by atoms with van der Waals surface area (Å²) in [5, 5.41) is 4.44. The molecule has 2 aromatic carbocycles. The topological polar surface area (TPSA) is 21.3 Å². The van der Waals surface area contributed by atoms with Crippen LogP contribution in [0.3, 0.4) is 0 Å². The molecule has 2 aromatic rings. The largest absolute Gasteiger partial charge is 0.493 e. The second kappa shape index (κ2) is 6.50. The fourth-order valence-corrected chi connectivity index (χ4v) is 3.05. The number of fused-ring (bicyclic) bond motifs is 1. The summed E-state index contributed by atoms with van der Waals surface area (Å²) in [5.41, 5.74) is 2.55. The molecule has 21 heavy (non-hydrogen) atoms. The third-order valence-electron chi connectivity index (χ3n) is 3.98. The van der Waals surface area contributed by atoms with Crippen LogP contribution in [0.15, 0.2) is 48.5 Å². The van der Waals surface area contributed by atoms with Gasteiger partial charge >= 0.3 is 0 Å². The van der Waals surface area contributed by atoms with Crippen molar-refractivity contribution in [3.63, 3.8) is 0 Å². The van der Waals surface area contributed by atoms with Crippen LogP contribution in [0.1, 0.15) is 36.4 Å². The van der Waals surface area contributed by atoms with Crippen molar-refractivity contribution in [1.82, 2.24) is 5.32 Å². The van der Waals surface area contributed by atoms with Crippen LogP contribution in [0.25, 0.3) is 0 Å². The molecule has 0 spiro atoms. The molecule has 0 amide bonds. The molecule has 110 valence electrons. The average Bonchev–Trinajstić information content (AvgIpc) is 2.93. The summed E-state index contributed by atoms with van der Waals surface area (Å²) < 4.78 is 5.85. The number of nitrogens with one attached hydrogen (secondary N) is 1. The maximum Gasteiger partial charge on any atom is 0.122 e. The minimum atomic E-state index is 0.255. The second-order valence-corrected chi connectivity index (χ2v) is 5.88. The molecular weight excluding hydrogens is 282 g/mol. The number of hydrogen-bond acceptors (Lipinski definition) is 2. The highest BCUT2D eigenvalue weighted by Crippen LogP contribution is 2.41. The number of rotatable bonds is 5. The Balaban J connectivity index is 1.91. The predicted molar refractivity (Wildman–Crippen MR) is 87.2 cm³/mol. The number of benzene rings is 2. The molecule has 2 unspecified atom stereocenters. The van der Waals surface area contributed by atoms with Gasteiger partial charge in [0.05, 0.1) is 6.61 Å². The molecule has 2 atom stereocenters. The Morgan fingerprint density at radius 1 is 1.19 bits per heavy atom. The lowest BCUT2D eigenvalue weighted by Gasteiger charge is -2.25. The zero-order valence-corrected chi connectivity index (χ0v) is 12.9. The molecule has 1 aliphatic rings. The summed E-state index contributed by atoms with van der Waals surface area (Å²) in [7, 11) is 0. The van der Waals surface area contributed by atoms with Crippen molar-refractivity contribution in [2.45, 2.75) is 25.3 Å². The van der Waals surface area contributed by atoms with Crippen LogP contribution in [-0.2, 0) is 0 Å². The van der Waals surface area contributed by atoms with Gasteiger partial charge in [-0.05, 0) is 36.7 Å². The van der Waals surface area contributed by atoms with Gasteiger partial charge in [0.15, 0.2) is 0 Å². The molecule has 0 saturated heterocycles. The van der Waals surface area contributed by atoms with Crippen LogP contribution in [0.5, 0.6) is 5.75 Å². The zero-order valence-electron chi connectivity index (χ0n) is 12.2. The monoisotopic (exact) mass is 301 g/mol. The molecule has 1 aliphatic heterocycles. The zero-order chi connectivity index (χ0) is 14.7. The highest BCUT2D eigenvalue weighted by Gasteiger charge is 2.31. The summed E-state index contributed by atoms with van der Waals surface area (Å²) in [4.78, 5) is 0. The Hall–Kier alpha value is -1.51. The van der Waals surface area contributed by atoms with Crippen molar-refractivity contribution in [1.29, 1.82) is 0 Å². The van der Waals surface area contributed by atoms with Crippen LogP contribution in [0.2, 0.25) is 5.02 Å². The Labute approximate surface area is 131 Å². The van der Waals surface area contributed by atoms with E-state index in [0.29, 0.717) is 5.92 Å². The summed E-state index contributed by atoms with van der Waals surface area (Å²) in [6.07, 6.45) is 1.11. The Morgan fingerprint density at radius 3 is 2.71 bits per heavy atom. The molecule has 0 saturated carbocycles. The molecule has 0 bridgehead atoms. The van der Waals surface area contributed by atoms with Gasteiger partial charge in [0.25, 0.3) is 0 Å². The molecule has 3 heteroatoms. The van der Waals surface area contributed by atoms with Crippen LogP contribution in [0.4, 0.5) is 0 Å². The van der Waals surface area contributed by atoms with Gasteiger partial charge < -0.3 is 10.1 Å². The first-order valence-corrected chi connectivity index (χ1v) is 7.88. The maximum absolute atomic E-state index is 6.02. The van der Waals surface area contributed by atoms with Gasteiger partial charge in [0.2, 0.25) is 0 Å². The van der Waals surface area contributed by atoms with Crippen molar-refractivity contribution < 1.29 is 4.74 Å². The van der Waals surface area contributed by atoms with E-state index in [4.69, 9.17) is 16.3 Å². The van der Waals surface area contributed by atoms with E-state index in [1.807, 2.05) is 24.3 Å². The van der Waals surface area contributed by atoms with Crippen molar-refractivity contribution in [3.05, 3.63) is 64.7 Å². The Bertz CT molecular complexity index is 596. The van der Waals surface area contributed by atoms with Gasteiger partial charge in [-0.2, -0.15) is 0 Å². The lowest BCUT2D eigenvalue weighted by Crippen LogP contribution is -2.28. The van der Waals surface area contributed by atoms with Crippen LogP contribution < -0.4 is 10.1 Å². The summed E-state index contributed by atoms with van der Waals surface area (Å²) in [5.74, 6) is 1.36. The number of hydrogen-bond donors (Lipinski definition) is 1. The minimum absolute atomic E-state index is 0.255. The van der Waals surface area contributed by atoms with Crippen LogP contribution in [0, 0.1) is 0 Å². The minimum Gasteiger partial charge on any atom is -0.493 e. The Kier molecular flexibility index (Phi) is 4.47. The van der Waals surface area contributed by atoms with Gasteiger partial charge in [-0.3, -0.25) is 0 Å². The number of halogens is 1. The van der Waals surface area contributed by atoms with E-state index < -0.39 is 0 Å². The third-order valence-corrected chi connectivity index (χ3v) is 4.23. The molecule has 0 aromatic heterocycles. The molecular formula is C18H20ClNO. The second-order valence-electron chi connectivity index (χ2n) is 5.44. The highest BCUT2D eigenvalue weighted by molar-refractivity contribution is 6.30. The van der Waals surface area contributed by atoms with Gasteiger partial charge in [0, 0.05) is 22.5 Å². The molecule has 0 aliphatic carbocycles. The lowest BCUT2D eigenvalue weighted by molar-refractivity contribution is 0.299. The van der Waals surface area contributed by atoms with E-state index in [1.165, 1.54) is 11.1 Å². The fourth-order valence-electron chi connectivity index (χ4n) is 2.93. The fraction of sp³-hybridized carbons (Fsp3) is 0.333. The van der Waals surface area contributed by atoms with E-state index >= 15 is 0 Å². The molecule has 3 rings (SSSR count). The first kappa shape index (κ1) is 14.4. The van der Waals surface area contributed by atoms with E-state index in [1.54, 1.807) is 0 Å². The van der Waals surface area contributed by atoms with Crippen molar-refractivity contribution >= 4 is 11.6 Å². The van der Waals surface area contributed by atoms with E-state index in [-0.39, 0.29) is 6.04 Å². The summed E-state index contributed by atoms with van der Waals surface area (Å²) in [6, 6.07) is 16.7. The first-order chi connectivity index (χ1) is 10.3. The maximum atomic E-state index is 6.02. The van der Waals surface area contributed by atoms with Gasteiger partial charge in [-0.25, -0.2) is 0 Å². The molecule has 0 radical (unpaired) electrons. The normalized spacial score (nSPS) is 18.1. The van der Waals surface area contributed by atoms with Crippen LogP contribution in [-0.4, -0.2) is 13.2 Å². The standard InChI is InChI=1S/C18H20ClNO/c1-2-11-20-18(13-7-9-14(19)10-8-13)16-12-21-17-6-4-3-5-15(16)17/h3-10,16,18,20H,2,11-12H2,1H3. The molecule has 0 fully saturated rings. The number of ether oxygens (including phenoxy) is 1. The van der Waals surface area contributed by atoms with Crippen molar-refractivity contribution in [2.24, 2.45) is 0 Å². The van der Waals surface area contributed by atoms with E-state index in [2.05, 4.69) is 36.5 Å². The smallest absolute Gasteiger partial charge is 0.122 e. The van der Waals surface area contributed by atoms with Crippen LogP contribution >= 0.6 is 11.6 Å². The number of para-hydroxylation sites is 1. The van der Waals surface area contributed by atoms with Gasteiger partial charge in [0.1, 0.15) is 5.75 Å². The van der Waals surface area contributed by atoms with Gasteiger partial charge in [-0.1, -0.05) is 48.9 Å². The molecule has 1 N–H and O–H groups in total. The van der Waals surface area contributed by atoms with Gasteiger partial charge in [-0.15, -0.1) is 0 Å². The average molecular weight is 302 g/mol. The Morgan fingerprint density at radius 2 is 1.95 bits per heavy atom. The highest BCUT2D eigenvalue weighted by atomic mass is 35.5. The molecule has 2 nitrogen and oxygen atoms in total. The molecule has 1 heterocycles. The quantitative estimate of drug-likeness (QED) is 0.874. The third kappa shape index (κ3) is 3.07. The lowest BCUT2D eigenvalue weighted by atomic mass is 9.88. The van der Waals surface area contributed by atoms with E-state index in [0.717, 1.165) is 30.3 Å². The predicted octanol–water partition coefficient (Wildman–Crippen LogP) is 4.56. The summed E-state index contributed by atoms with van der Waals surface area (Å²) in [6.45, 7) is 3.90. The first-order valence-electron chi connectivity index (χ1n) is 7.50. The van der Waals surface area contributed by atoms with E-state index in [9.17, 15) is 0 Å². The van der Waals surface area contributed by atoms with Crippen molar-refractivity contribution in [3.8, 4) is 5.75 Å². The SMILES string of the molecule is CCCNC(c1ccc(Cl)cc1)C1COc2ccccc21. The summed E-state index contributed by atoms with van der Waals surface area (Å²) >= 11 is 6.02.